The summed E-state index contributed by atoms with van der Waals surface area (Å²) in [6.45, 7) is 0. The minimum atomic E-state index is 0.245. The highest BCUT2D eigenvalue weighted by Crippen LogP contribution is 2.27. The summed E-state index contributed by atoms with van der Waals surface area (Å²) in [5.74, 6) is 0. The molecule has 0 aliphatic carbocycles. The minimum Gasteiger partial charge on any atom is -0.313 e. The average Bonchev–Trinajstić information content (AvgIpc) is 2.41. The lowest BCUT2D eigenvalue weighted by molar-refractivity contribution is 0.592. The molecule has 0 spiro atoms. The molecular weight excluding hydrogens is 345 g/mol. The van der Waals surface area contributed by atoms with E-state index in [1.165, 1.54) is 11.1 Å². The Morgan fingerprint density at radius 1 is 1.11 bits per heavy atom. The highest BCUT2D eigenvalue weighted by atomic mass is 79.9. The van der Waals surface area contributed by atoms with Gasteiger partial charge in [0.15, 0.2) is 0 Å². The molecule has 4 heteroatoms. The number of benzene rings is 2. The summed E-state index contributed by atoms with van der Waals surface area (Å²) in [7, 11) is 1.96. The molecule has 2 aromatic carbocycles. The van der Waals surface area contributed by atoms with Gasteiger partial charge >= 0.3 is 0 Å². The molecule has 2 rings (SSSR count). The van der Waals surface area contributed by atoms with Crippen molar-refractivity contribution >= 4 is 39.1 Å². The Balaban J connectivity index is 2.19. The molecule has 1 unspecified atom stereocenters. The summed E-state index contributed by atoms with van der Waals surface area (Å²) in [6, 6.07) is 14.2. The fraction of sp³-hybridized carbons (Fsp3) is 0.200. The lowest BCUT2D eigenvalue weighted by atomic mass is 9.99. The largest absolute Gasteiger partial charge is 0.313 e. The summed E-state index contributed by atoms with van der Waals surface area (Å²) >= 11 is 15.4. The third-order valence-electron chi connectivity index (χ3n) is 3.05. The lowest BCUT2D eigenvalue weighted by Gasteiger charge is -2.17. The van der Waals surface area contributed by atoms with E-state index in [1.54, 1.807) is 0 Å². The molecule has 0 aliphatic rings. The number of halogens is 3. The Hall–Kier alpha value is -0.540. The van der Waals surface area contributed by atoms with E-state index in [4.69, 9.17) is 23.2 Å². The molecule has 0 radical (unpaired) electrons. The highest BCUT2D eigenvalue weighted by Gasteiger charge is 2.11. The predicted molar refractivity (Wildman–Crippen MR) is 86.1 cm³/mol. The van der Waals surface area contributed by atoms with Crippen LogP contribution in [0, 0.1) is 0 Å². The van der Waals surface area contributed by atoms with Crippen LogP contribution in [0.3, 0.4) is 0 Å². The van der Waals surface area contributed by atoms with Gasteiger partial charge < -0.3 is 5.32 Å². The van der Waals surface area contributed by atoms with E-state index >= 15 is 0 Å². The molecule has 0 saturated carbocycles. The molecule has 0 aromatic heterocycles. The molecule has 0 amide bonds. The Morgan fingerprint density at radius 2 is 1.79 bits per heavy atom. The van der Waals surface area contributed by atoms with E-state index in [-0.39, 0.29) is 6.04 Å². The van der Waals surface area contributed by atoms with Gasteiger partial charge in [-0.25, -0.2) is 0 Å². The van der Waals surface area contributed by atoms with E-state index in [0.717, 1.165) is 20.9 Å². The van der Waals surface area contributed by atoms with Crippen molar-refractivity contribution in [1.29, 1.82) is 0 Å². The van der Waals surface area contributed by atoms with Gasteiger partial charge in [0.2, 0.25) is 0 Å². The monoisotopic (exact) mass is 357 g/mol. The fourth-order valence-corrected chi connectivity index (χ4v) is 2.61. The maximum absolute atomic E-state index is 6.02. The van der Waals surface area contributed by atoms with Crippen LogP contribution in [0.15, 0.2) is 46.9 Å². The molecule has 0 bridgehead atoms. The number of likely N-dealkylation sites (N-methyl/N-ethyl adjacent to an activating group) is 1. The molecule has 0 saturated heterocycles. The van der Waals surface area contributed by atoms with Gasteiger partial charge in [-0.3, -0.25) is 0 Å². The second-order valence-corrected chi connectivity index (χ2v) is 6.04. The SMILES string of the molecule is CNC(Cc1ccc(Cl)cc1)c1ccc(Cl)c(Br)c1. The van der Waals surface area contributed by atoms with E-state index in [2.05, 4.69) is 39.4 Å². The van der Waals surface area contributed by atoms with Crippen molar-refractivity contribution in [3.05, 3.63) is 68.1 Å². The molecule has 1 atom stereocenters. The fourth-order valence-electron chi connectivity index (χ4n) is 1.97. The Bertz CT molecular complexity index is 555. The summed E-state index contributed by atoms with van der Waals surface area (Å²) in [5, 5.41) is 4.82. The van der Waals surface area contributed by atoms with Crippen molar-refractivity contribution in [3.8, 4) is 0 Å². The van der Waals surface area contributed by atoms with Crippen LogP contribution in [0.25, 0.3) is 0 Å². The molecule has 0 heterocycles. The van der Waals surface area contributed by atoms with Crippen LogP contribution in [-0.4, -0.2) is 7.05 Å². The zero-order chi connectivity index (χ0) is 13.8. The molecular formula is C15H14BrCl2N. The Kier molecular flexibility index (Phi) is 5.28. The first-order chi connectivity index (χ1) is 9.10. The van der Waals surface area contributed by atoms with Crippen molar-refractivity contribution in [1.82, 2.24) is 5.32 Å². The first kappa shape index (κ1) is 14.9. The van der Waals surface area contributed by atoms with Crippen LogP contribution in [0.1, 0.15) is 17.2 Å². The summed E-state index contributed by atoms with van der Waals surface area (Å²) in [4.78, 5) is 0. The van der Waals surface area contributed by atoms with Crippen molar-refractivity contribution in [2.24, 2.45) is 0 Å². The first-order valence-electron chi connectivity index (χ1n) is 5.97. The smallest absolute Gasteiger partial charge is 0.0548 e. The molecule has 0 fully saturated rings. The van der Waals surface area contributed by atoms with Crippen molar-refractivity contribution in [3.63, 3.8) is 0 Å². The predicted octanol–water partition coefficient (Wildman–Crippen LogP) is 5.26. The van der Waals surface area contributed by atoms with Crippen LogP contribution in [0.5, 0.6) is 0 Å². The van der Waals surface area contributed by atoms with Crippen molar-refractivity contribution < 1.29 is 0 Å². The van der Waals surface area contributed by atoms with Gasteiger partial charge in [-0.05, 0) is 64.8 Å². The van der Waals surface area contributed by atoms with Crippen molar-refractivity contribution in [2.75, 3.05) is 7.05 Å². The van der Waals surface area contributed by atoms with Crippen LogP contribution < -0.4 is 5.32 Å². The lowest BCUT2D eigenvalue weighted by Crippen LogP contribution is -2.18. The molecule has 1 N–H and O–H groups in total. The van der Waals surface area contributed by atoms with Gasteiger partial charge in [-0.15, -0.1) is 0 Å². The van der Waals surface area contributed by atoms with Gasteiger partial charge in [-0.2, -0.15) is 0 Å². The van der Waals surface area contributed by atoms with Crippen LogP contribution in [-0.2, 0) is 6.42 Å². The molecule has 19 heavy (non-hydrogen) atoms. The first-order valence-corrected chi connectivity index (χ1v) is 7.51. The summed E-state index contributed by atoms with van der Waals surface area (Å²) in [6.07, 6.45) is 0.905. The minimum absolute atomic E-state index is 0.245. The number of hydrogen-bond donors (Lipinski definition) is 1. The third-order valence-corrected chi connectivity index (χ3v) is 4.51. The topological polar surface area (TPSA) is 12.0 Å². The number of nitrogens with one attached hydrogen (secondary N) is 1. The third kappa shape index (κ3) is 3.96. The maximum atomic E-state index is 6.02. The van der Waals surface area contributed by atoms with Gasteiger partial charge in [0.25, 0.3) is 0 Å². The number of rotatable bonds is 4. The van der Waals surface area contributed by atoms with Gasteiger partial charge in [0, 0.05) is 15.5 Å². The molecule has 1 nitrogen and oxygen atoms in total. The van der Waals surface area contributed by atoms with Crippen molar-refractivity contribution in [2.45, 2.75) is 12.5 Å². The summed E-state index contributed by atoms with van der Waals surface area (Å²) in [5.41, 5.74) is 2.45. The van der Waals surface area contributed by atoms with Gasteiger partial charge in [-0.1, -0.05) is 41.4 Å². The molecule has 2 aromatic rings. The van der Waals surface area contributed by atoms with E-state index in [9.17, 15) is 0 Å². The average molecular weight is 359 g/mol. The Morgan fingerprint density at radius 3 is 2.37 bits per heavy atom. The van der Waals surface area contributed by atoms with Gasteiger partial charge in [0.05, 0.1) is 5.02 Å². The highest BCUT2D eigenvalue weighted by molar-refractivity contribution is 9.10. The van der Waals surface area contributed by atoms with Crippen LogP contribution >= 0.6 is 39.1 Å². The second-order valence-electron chi connectivity index (χ2n) is 4.35. The van der Waals surface area contributed by atoms with Crippen LogP contribution in [0.2, 0.25) is 10.0 Å². The zero-order valence-corrected chi connectivity index (χ0v) is 13.6. The number of hydrogen-bond acceptors (Lipinski definition) is 1. The summed E-state index contributed by atoms with van der Waals surface area (Å²) < 4.78 is 0.919. The second kappa shape index (κ2) is 6.76. The Labute approximate surface area is 132 Å². The van der Waals surface area contributed by atoms with Crippen LogP contribution in [0.4, 0.5) is 0 Å². The van der Waals surface area contributed by atoms with E-state index in [1.807, 2.05) is 31.3 Å². The normalized spacial score (nSPS) is 12.4. The standard InChI is InChI=1S/C15H14BrCl2N/c1-19-15(8-10-2-5-12(17)6-3-10)11-4-7-14(18)13(16)9-11/h2-7,9,15,19H,8H2,1H3. The quantitative estimate of drug-likeness (QED) is 0.786. The van der Waals surface area contributed by atoms with E-state index in [0.29, 0.717) is 0 Å². The maximum Gasteiger partial charge on any atom is 0.0548 e. The molecule has 100 valence electrons. The van der Waals surface area contributed by atoms with Gasteiger partial charge in [0.1, 0.15) is 0 Å². The van der Waals surface area contributed by atoms with E-state index < -0.39 is 0 Å². The molecule has 0 aliphatic heterocycles. The zero-order valence-electron chi connectivity index (χ0n) is 10.5.